The number of carbonyl (C=O) groups is 2. The first-order valence-corrected chi connectivity index (χ1v) is 16.9. The number of aliphatic hydroxyl groups excluding tert-OH is 1. The van der Waals surface area contributed by atoms with Crippen LogP contribution < -0.4 is 16.4 Å². The third-order valence-corrected chi connectivity index (χ3v) is 8.78. The van der Waals surface area contributed by atoms with E-state index in [9.17, 15) is 14.7 Å². The van der Waals surface area contributed by atoms with E-state index in [4.69, 9.17) is 15.2 Å². The van der Waals surface area contributed by atoms with Crippen molar-refractivity contribution in [3.8, 4) is 0 Å². The van der Waals surface area contributed by atoms with Gasteiger partial charge in [0, 0.05) is 30.5 Å². The summed E-state index contributed by atoms with van der Waals surface area (Å²) in [5, 5.41) is 15.4. The van der Waals surface area contributed by atoms with E-state index in [1.54, 1.807) is 12.1 Å². The van der Waals surface area contributed by atoms with Crippen LogP contribution in [0.2, 0.25) is 0 Å². The predicted molar refractivity (Wildman–Crippen MR) is 190 cm³/mol. The average molecular weight is 662 g/mol. The Kier molecular flexibility index (Phi) is 11.3. The molecule has 10 heteroatoms. The summed E-state index contributed by atoms with van der Waals surface area (Å²) in [7, 11) is 0. The van der Waals surface area contributed by atoms with E-state index in [0.29, 0.717) is 42.9 Å². The molecular weight excluding hydrogens is 618 g/mol. The summed E-state index contributed by atoms with van der Waals surface area (Å²) in [6.45, 7) is 0.588. The maximum absolute atomic E-state index is 12.8. The molecule has 0 aliphatic carbocycles. The van der Waals surface area contributed by atoms with Crippen LogP contribution in [-0.2, 0) is 32.2 Å². The van der Waals surface area contributed by atoms with Crippen LogP contribution in [0, 0.1) is 0 Å². The maximum Gasteiger partial charge on any atom is 0.224 e. The lowest BCUT2D eigenvalue weighted by molar-refractivity contribution is -0.252. The van der Waals surface area contributed by atoms with Crippen LogP contribution in [0.1, 0.15) is 74.0 Å². The lowest BCUT2D eigenvalue weighted by atomic mass is 10.00. The van der Waals surface area contributed by atoms with E-state index in [-0.39, 0.29) is 30.6 Å². The normalized spacial score (nSPS) is 17.5. The molecule has 5 aromatic rings. The van der Waals surface area contributed by atoms with Gasteiger partial charge in [-0.25, -0.2) is 4.98 Å². The summed E-state index contributed by atoms with van der Waals surface area (Å²) < 4.78 is 15.2. The van der Waals surface area contributed by atoms with E-state index >= 15 is 0 Å². The molecule has 6 rings (SSSR count). The number of nitrogens with zero attached hydrogens (tertiary/aromatic N) is 2. The lowest BCUT2D eigenvalue weighted by Gasteiger charge is -2.36. The molecule has 1 saturated heterocycles. The number of carbonyl (C=O) groups excluding carboxylic acids is 2. The third-order valence-electron chi connectivity index (χ3n) is 8.78. The smallest absolute Gasteiger partial charge is 0.224 e. The monoisotopic (exact) mass is 661 g/mol. The Morgan fingerprint density at radius 3 is 2.33 bits per heavy atom. The van der Waals surface area contributed by atoms with Gasteiger partial charge in [0.15, 0.2) is 6.29 Å². The fourth-order valence-corrected chi connectivity index (χ4v) is 6.14. The number of fused-ring (bicyclic) bond motifs is 1. The van der Waals surface area contributed by atoms with Crippen LogP contribution in [0.4, 0.5) is 17.1 Å². The highest BCUT2D eigenvalue weighted by Gasteiger charge is 2.33. The van der Waals surface area contributed by atoms with Gasteiger partial charge in [0.05, 0.1) is 54.1 Å². The van der Waals surface area contributed by atoms with Crippen molar-refractivity contribution in [1.82, 2.24) is 9.55 Å². The number of ether oxygens (including phenoxy) is 2. The van der Waals surface area contributed by atoms with E-state index in [0.717, 1.165) is 53.4 Å². The summed E-state index contributed by atoms with van der Waals surface area (Å²) in [6.07, 6.45) is 5.43. The quantitative estimate of drug-likeness (QED) is 0.0724. The van der Waals surface area contributed by atoms with Crippen molar-refractivity contribution in [3.05, 3.63) is 120 Å². The number of hydrogen-bond acceptors (Lipinski definition) is 7. The highest BCUT2D eigenvalue weighted by atomic mass is 16.7. The molecule has 0 spiro atoms. The second kappa shape index (κ2) is 16.4. The first-order valence-electron chi connectivity index (χ1n) is 16.9. The molecule has 0 saturated carbocycles. The zero-order valence-electron chi connectivity index (χ0n) is 27.5. The van der Waals surface area contributed by atoms with Crippen molar-refractivity contribution >= 4 is 39.9 Å². The van der Waals surface area contributed by atoms with Crippen molar-refractivity contribution in [2.45, 2.75) is 76.6 Å². The second-order valence-corrected chi connectivity index (χ2v) is 12.5. The molecule has 49 heavy (non-hydrogen) atoms. The number of imidazole rings is 1. The number of nitrogens with one attached hydrogen (secondary N) is 2. The number of anilines is 3. The second-order valence-electron chi connectivity index (χ2n) is 12.5. The Labute approximate surface area is 286 Å². The topological polar surface area (TPSA) is 141 Å². The molecule has 1 aliphatic heterocycles. The van der Waals surface area contributed by atoms with Crippen LogP contribution in [0.3, 0.4) is 0 Å². The number of nitrogens with two attached hydrogens (primary N) is 1. The molecule has 3 atom stereocenters. The van der Waals surface area contributed by atoms with Crippen LogP contribution in [-0.4, -0.2) is 32.6 Å². The number of benzene rings is 4. The standard InChI is InChI=1S/C39H43N5O5/c40-32-12-5-6-13-33(32)43-38(47)17-4-2-1-3-16-37(46)42-30-11-9-10-29(22-30)39-48-31(24-44-26-41-34-14-7-8-15-35(34)44)23-36(49-39)28-20-18-27(25-45)19-21-28/h5-15,18-22,26,31,36,39,45H,1-4,16-17,23-25,40H2,(H,42,46)(H,43,47)/t31-,36+,39+/m1/s1. The van der Waals surface area contributed by atoms with Gasteiger partial charge in [-0.3, -0.25) is 9.59 Å². The lowest BCUT2D eigenvalue weighted by Crippen LogP contribution is -2.32. The first-order chi connectivity index (χ1) is 23.9. The number of aromatic nitrogens is 2. The Morgan fingerprint density at radius 2 is 1.55 bits per heavy atom. The largest absolute Gasteiger partial charge is 0.397 e. The predicted octanol–water partition coefficient (Wildman–Crippen LogP) is 7.27. The molecule has 254 valence electrons. The van der Waals surface area contributed by atoms with Gasteiger partial charge in [-0.2, -0.15) is 0 Å². The fraction of sp³-hybridized carbons (Fsp3) is 0.308. The Balaban J connectivity index is 1.03. The van der Waals surface area contributed by atoms with Crippen LogP contribution >= 0.6 is 0 Å². The van der Waals surface area contributed by atoms with Gasteiger partial charge in [-0.15, -0.1) is 0 Å². The Morgan fingerprint density at radius 1 is 0.816 bits per heavy atom. The van der Waals surface area contributed by atoms with Gasteiger partial charge < -0.3 is 35.5 Å². The summed E-state index contributed by atoms with van der Waals surface area (Å²) >= 11 is 0. The Bertz CT molecular complexity index is 1860. The third kappa shape index (κ3) is 9.11. The first kappa shape index (κ1) is 33.9. The zero-order chi connectivity index (χ0) is 34.0. The van der Waals surface area contributed by atoms with Crippen molar-refractivity contribution in [3.63, 3.8) is 0 Å². The molecule has 0 bridgehead atoms. The molecular formula is C39H43N5O5. The number of amides is 2. The van der Waals surface area contributed by atoms with Gasteiger partial charge >= 0.3 is 0 Å². The van der Waals surface area contributed by atoms with Crippen molar-refractivity contribution < 1.29 is 24.2 Å². The maximum atomic E-state index is 12.8. The highest BCUT2D eigenvalue weighted by molar-refractivity contribution is 5.93. The Hall–Kier alpha value is -5.03. The highest BCUT2D eigenvalue weighted by Crippen LogP contribution is 2.39. The SMILES string of the molecule is Nc1ccccc1NC(=O)CCCCCCC(=O)Nc1cccc([C@H]2O[C@@H](Cn3cnc4ccccc43)C[C@@H](c3ccc(CO)cc3)O2)c1. The average Bonchev–Trinajstić information content (AvgIpc) is 3.53. The van der Waals surface area contributed by atoms with Crippen LogP contribution in [0.5, 0.6) is 0 Å². The van der Waals surface area contributed by atoms with Gasteiger partial charge in [-0.1, -0.05) is 73.5 Å². The van der Waals surface area contributed by atoms with Gasteiger partial charge in [-0.05, 0) is 60.4 Å². The zero-order valence-corrected chi connectivity index (χ0v) is 27.5. The van der Waals surface area contributed by atoms with E-state index in [1.165, 1.54) is 0 Å². The number of nitrogen functional groups attached to an aromatic ring is 1. The van der Waals surface area contributed by atoms with Gasteiger partial charge in [0.2, 0.25) is 11.8 Å². The number of aliphatic hydroxyl groups is 1. The summed E-state index contributed by atoms with van der Waals surface area (Å²) in [4.78, 5) is 29.6. The van der Waals surface area contributed by atoms with E-state index in [2.05, 4.69) is 26.3 Å². The van der Waals surface area contributed by atoms with Crippen molar-refractivity contribution in [2.24, 2.45) is 0 Å². The summed E-state index contributed by atoms with van der Waals surface area (Å²) in [6, 6.07) is 30.7. The molecule has 2 heterocycles. The van der Waals surface area contributed by atoms with Gasteiger partial charge in [0.25, 0.3) is 0 Å². The molecule has 10 nitrogen and oxygen atoms in total. The fourth-order valence-electron chi connectivity index (χ4n) is 6.14. The van der Waals surface area contributed by atoms with E-state index in [1.807, 2.05) is 85.2 Å². The molecule has 2 amide bonds. The molecule has 5 N–H and O–H groups in total. The van der Waals surface area contributed by atoms with Gasteiger partial charge in [0.1, 0.15) is 0 Å². The number of para-hydroxylation sites is 4. The van der Waals surface area contributed by atoms with Crippen molar-refractivity contribution in [1.29, 1.82) is 0 Å². The number of unbranched alkanes of at least 4 members (excludes halogenated alkanes) is 3. The molecule has 1 fully saturated rings. The number of hydrogen-bond donors (Lipinski definition) is 4. The summed E-state index contributed by atoms with van der Waals surface area (Å²) in [5.41, 5.74) is 12.4. The number of rotatable bonds is 14. The minimum absolute atomic E-state index is 0.0173. The van der Waals surface area contributed by atoms with Crippen molar-refractivity contribution in [2.75, 3.05) is 16.4 Å². The molecule has 4 aromatic carbocycles. The molecule has 1 aliphatic rings. The van der Waals surface area contributed by atoms with E-state index < -0.39 is 6.29 Å². The minimum Gasteiger partial charge on any atom is -0.397 e. The minimum atomic E-state index is -0.650. The van der Waals surface area contributed by atoms with Crippen LogP contribution in [0.15, 0.2) is 103 Å². The molecule has 1 aromatic heterocycles. The van der Waals surface area contributed by atoms with Crippen LogP contribution in [0.25, 0.3) is 11.0 Å². The molecule has 0 radical (unpaired) electrons. The summed E-state index contributed by atoms with van der Waals surface area (Å²) in [5.74, 6) is -0.124. The molecule has 0 unspecified atom stereocenters.